The minimum atomic E-state index is 0.600. The summed E-state index contributed by atoms with van der Waals surface area (Å²) in [6.07, 6.45) is 2.43. The number of aromatic nitrogens is 2. The van der Waals surface area contributed by atoms with Crippen molar-refractivity contribution in [1.82, 2.24) is 9.97 Å². The van der Waals surface area contributed by atoms with Crippen LogP contribution in [0, 0.1) is 6.92 Å². The van der Waals surface area contributed by atoms with Crippen LogP contribution in [0.2, 0.25) is 0 Å². The van der Waals surface area contributed by atoms with Gasteiger partial charge in [0.2, 0.25) is 5.88 Å². The summed E-state index contributed by atoms with van der Waals surface area (Å²) in [6.45, 7) is 5.29. The van der Waals surface area contributed by atoms with Crippen LogP contribution in [0.5, 0.6) is 5.88 Å². The minimum Gasteiger partial charge on any atom is -0.478 e. The highest BCUT2D eigenvalue weighted by atomic mass is 16.5. The topological polar surface area (TPSA) is 73.1 Å². The molecule has 0 spiro atoms. The van der Waals surface area contributed by atoms with Gasteiger partial charge in [-0.2, -0.15) is 0 Å². The van der Waals surface area contributed by atoms with Crippen LogP contribution in [0.4, 0.5) is 11.5 Å². The van der Waals surface area contributed by atoms with Crippen LogP contribution in [-0.4, -0.2) is 23.1 Å². The number of anilines is 2. The molecule has 0 saturated carbocycles. The number of hydrogen-bond acceptors (Lipinski definition) is 5. The Morgan fingerprint density at radius 1 is 1.20 bits per heavy atom. The molecule has 0 saturated heterocycles. The molecular formula is C15H20N4O. The zero-order chi connectivity index (χ0) is 14.4. The van der Waals surface area contributed by atoms with Crippen LogP contribution in [0.3, 0.4) is 0 Å². The van der Waals surface area contributed by atoms with Crippen LogP contribution in [0.25, 0.3) is 0 Å². The Labute approximate surface area is 119 Å². The number of benzene rings is 1. The maximum Gasteiger partial charge on any atom is 0.221 e. The molecule has 0 fully saturated rings. The number of hydrogen-bond donors (Lipinski definition) is 2. The molecule has 0 atom stereocenters. The van der Waals surface area contributed by atoms with Gasteiger partial charge in [-0.05, 0) is 38.0 Å². The zero-order valence-corrected chi connectivity index (χ0v) is 11.9. The Bertz CT molecular complexity index is 554. The summed E-state index contributed by atoms with van der Waals surface area (Å²) in [4.78, 5) is 8.36. The SMILES string of the molecule is CCOc1ncnc(NCCc2ccc(N)cc2)c1C. The van der Waals surface area contributed by atoms with Crippen molar-refractivity contribution in [3.05, 3.63) is 41.7 Å². The first-order chi connectivity index (χ1) is 9.70. The van der Waals surface area contributed by atoms with E-state index in [2.05, 4.69) is 15.3 Å². The molecule has 1 aromatic heterocycles. The first-order valence-electron chi connectivity index (χ1n) is 6.73. The van der Waals surface area contributed by atoms with Gasteiger partial charge in [-0.25, -0.2) is 9.97 Å². The van der Waals surface area contributed by atoms with Gasteiger partial charge in [0.25, 0.3) is 0 Å². The van der Waals surface area contributed by atoms with Crippen LogP contribution < -0.4 is 15.8 Å². The molecule has 0 unspecified atom stereocenters. The van der Waals surface area contributed by atoms with Crippen molar-refractivity contribution in [2.24, 2.45) is 0 Å². The lowest BCUT2D eigenvalue weighted by Crippen LogP contribution is -2.09. The molecule has 0 aliphatic heterocycles. The van der Waals surface area contributed by atoms with E-state index in [9.17, 15) is 0 Å². The molecule has 2 aromatic rings. The number of nitrogens with zero attached hydrogens (tertiary/aromatic N) is 2. The van der Waals surface area contributed by atoms with Gasteiger partial charge in [0.15, 0.2) is 0 Å². The second kappa shape index (κ2) is 6.75. The van der Waals surface area contributed by atoms with E-state index in [0.29, 0.717) is 12.5 Å². The molecule has 1 heterocycles. The van der Waals surface area contributed by atoms with Crippen molar-refractivity contribution in [3.63, 3.8) is 0 Å². The van der Waals surface area contributed by atoms with Crippen molar-refractivity contribution in [2.75, 3.05) is 24.2 Å². The maximum absolute atomic E-state index is 5.66. The van der Waals surface area contributed by atoms with Gasteiger partial charge in [0.05, 0.1) is 12.2 Å². The summed E-state index contributed by atoms with van der Waals surface area (Å²) in [5.41, 5.74) is 8.63. The summed E-state index contributed by atoms with van der Waals surface area (Å²) in [5.74, 6) is 1.45. The van der Waals surface area contributed by atoms with Crippen molar-refractivity contribution >= 4 is 11.5 Å². The van der Waals surface area contributed by atoms with Crippen LogP contribution in [-0.2, 0) is 6.42 Å². The number of rotatable bonds is 6. The lowest BCUT2D eigenvalue weighted by atomic mass is 10.1. The Morgan fingerprint density at radius 2 is 1.95 bits per heavy atom. The van der Waals surface area contributed by atoms with Crippen molar-refractivity contribution in [1.29, 1.82) is 0 Å². The average molecular weight is 272 g/mol. The molecule has 0 amide bonds. The first kappa shape index (κ1) is 14.1. The molecule has 2 rings (SSSR count). The summed E-state index contributed by atoms with van der Waals surface area (Å²) in [5, 5.41) is 3.31. The van der Waals surface area contributed by atoms with E-state index in [4.69, 9.17) is 10.5 Å². The highest BCUT2D eigenvalue weighted by Gasteiger charge is 2.07. The van der Waals surface area contributed by atoms with Crippen molar-refractivity contribution in [3.8, 4) is 5.88 Å². The second-order valence-electron chi connectivity index (χ2n) is 4.50. The largest absolute Gasteiger partial charge is 0.478 e. The number of ether oxygens (including phenoxy) is 1. The monoisotopic (exact) mass is 272 g/mol. The highest BCUT2D eigenvalue weighted by molar-refractivity contribution is 5.47. The first-order valence-corrected chi connectivity index (χ1v) is 6.73. The predicted octanol–water partition coefficient (Wildman–Crippen LogP) is 2.42. The fraction of sp³-hybridized carbons (Fsp3) is 0.333. The molecule has 0 bridgehead atoms. The van der Waals surface area contributed by atoms with E-state index in [1.807, 2.05) is 38.1 Å². The Balaban J connectivity index is 1.94. The molecule has 1 aromatic carbocycles. The highest BCUT2D eigenvalue weighted by Crippen LogP contribution is 2.20. The van der Waals surface area contributed by atoms with Gasteiger partial charge in [-0.3, -0.25) is 0 Å². The molecule has 5 heteroatoms. The smallest absolute Gasteiger partial charge is 0.221 e. The van der Waals surface area contributed by atoms with E-state index in [-0.39, 0.29) is 0 Å². The third-order valence-corrected chi connectivity index (χ3v) is 3.00. The Kier molecular flexibility index (Phi) is 4.76. The van der Waals surface area contributed by atoms with Gasteiger partial charge in [0, 0.05) is 12.2 Å². The van der Waals surface area contributed by atoms with Gasteiger partial charge < -0.3 is 15.8 Å². The van der Waals surface area contributed by atoms with E-state index in [1.54, 1.807) is 0 Å². The predicted molar refractivity (Wildman–Crippen MR) is 81.0 cm³/mol. The second-order valence-corrected chi connectivity index (χ2v) is 4.50. The number of nitrogens with two attached hydrogens (primary N) is 1. The van der Waals surface area contributed by atoms with E-state index in [1.165, 1.54) is 11.9 Å². The number of nitrogens with one attached hydrogen (secondary N) is 1. The lowest BCUT2D eigenvalue weighted by Gasteiger charge is -2.11. The standard InChI is InChI=1S/C15H20N4O/c1-3-20-15-11(2)14(18-10-19-15)17-9-8-12-4-6-13(16)7-5-12/h4-7,10H,3,8-9,16H2,1-2H3,(H,17,18,19). The van der Waals surface area contributed by atoms with Crippen molar-refractivity contribution in [2.45, 2.75) is 20.3 Å². The van der Waals surface area contributed by atoms with Crippen LogP contribution in [0.1, 0.15) is 18.1 Å². The maximum atomic E-state index is 5.66. The summed E-state index contributed by atoms with van der Waals surface area (Å²) in [7, 11) is 0. The Morgan fingerprint density at radius 3 is 2.65 bits per heavy atom. The number of nitrogen functional groups attached to an aromatic ring is 1. The van der Waals surface area contributed by atoms with E-state index >= 15 is 0 Å². The Hall–Kier alpha value is -2.30. The lowest BCUT2D eigenvalue weighted by molar-refractivity contribution is 0.324. The molecule has 106 valence electrons. The fourth-order valence-corrected chi connectivity index (χ4v) is 1.90. The van der Waals surface area contributed by atoms with Crippen molar-refractivity contribution < 1.29 is 4.74 Å². The zero-order valence-electron chi connectivity index (χ0n) is 11.9. The van der Waals surface area contributed by atoms with Crippen LogP contribution >= 0.6 is 0 Å². The normalized spacial score (nSPS) is 10.3. The van der Waals surface area contributed by atoms with Gasteiger partial charge in [0.1, 0.15) is 12.1 Å². The molecule has 5 nitrogen and oxygen atoms in total. The molecule has 20 heavy (non-hydrogen) atoms. The molecule has 0 radical (unpaired) electrons. The van der Waals surface area contributed by atoms with E-state index in [0.717, 1.165) is 30.0 Å². The van der Waals surface area contributed by atoms with Crippen LogP contribution in [0.15, 0.2) is 30.6 Å². The minimum absolute atomic E-state index is 0.600. The quantitative estimate of drug-likeness (QED) is 0.790. The fourth-order valence-electron chi connectivity index (χ4n) is 1.90. The third kappa shape index (κ3) is 3.60. The molecule has 3 N–H and O–H groups in total. The van der Waals surface area contributed by atoms with Gasteiger partial charge in [-0.15, -0.1) is 0 Å². The third-order valence-electron chi connectivity index (χ3n) is 3.00. The molecule has 0 aliphatic rings. The molecular weight excluding hydrogens is 252 g/mol. The summed E-state index contributed by atoms with van der Waals surface area (Å²) in [6, 6.07) is 7.90. The average Bonchev–Trinajstić information content (AvgIpc) is 2.45. The summed E-state index contributed by atoms with van der Waals surface area (Å²) >= 11 is 0. The molecule has 0 aliphatic carbocycles. The van der Waals surface area contributed by atoms with E-state index < -0.39 is 0 Å². The van der Waals surface area contributed by atoms with Gasteiger partial charge >= 0.3 is 0 Å². The summed E-state index contributed by atoms with van der Waals surface area (Å²) < 4.78 is 5.45. The van der Waals surface area contributed by atoms with Gasteiger partial charge in [-0.1, -0.05) is 12.1 Å².